The van der Waals surface area contributed by atoms with Crippen molar-refractivity contribution in [3.05, 3.63) is 33.6 Å². The first-order chi connectivity index (χ1) is 9.53. The highest BCUT2D eigenvalue weighted by Crippen LogP contribution is 2.22. The molecule has 0 saturated heterocycles. The van der Waals surface area contributed by atoms with Gasteiger partial charge in [0.05, 0.1) is 5.01 Å². The molecule has 2 aromatic rings. The largest absolute Gasteiger partial charge is 0.315 e. The van der Waals surface area contributed by atoms with Gasteiger partial charge in [-0.2, -0.15) is 0 Å². The van der Waals surface area contributed by atoms with Crippen LogP contribution >= 0.6 is 22.7 Å². The van der Waals surface area contributed by atoms with E-state index in [1.54, 1.807) is 12.3 Å². The number of rotatable bonds is 7. The molecule has 0 aliphatic rings. The second-order valence-corrected chi connectivity index (χ2v) is 8.46. The van der Waals surface area contributed by atoms with Crippen molar-refractivity contribution in [1.82, 2.24) is 15.0 Å². The Labute approximate surface area is 127 Å². The lowest BCUT2D eigenvalue weighted by atomic mass is 10.2. The van der Waals surface area contributed by atoms with E-state index in [2.05, 4.69) is 15.0 Å². The van der Waals surface area contributed by atoms with Crippen LogP contribution in [0.3, 0.4) is 0 Å². The Morgan fingerprint density at radius 1 is 1.40 bits per heavy atom. The van der Waals surface area contributed by atoms with Gasteiger partial charge in [-0.1, -0.05) is 6.92 Å². The van der Waals surface area contributed by atoms with Gasteiger partial charge < -0.3 is 5.32 Å². The lowest BCUT2D eigenvalue weighted by Crippen LogP contribution is -2.27. The number of sulfonamides is 1. The summed E-state index contributed by atoms with van der Waals surface area (Å²) < 4.78 is 27.4. The molecule has 0 aliphatic heterocycles. The van der Waals surface area contributed by atoms with E-state index < -0.39 is 10.0 Å². The lowest BCUT2D eigenvalue weighted by Gasteiger charge is -2.09. The van der Waals surface area contributed by atoms with Crippen molar-refractivity contribution in [2.45, 2.75) is 23.6 Å². The summed E-state index contributed by atoms with van der Waals surface area (Å²) >= 11 is 2.82. The van der Waals surface area contributed by atoms with Crippen LogP contribution in [-0.2, 0) is 16.6 Å². The van der Waals surface area contributed by atoms with Crippen molar-refractivity contribution < 1.29 is 8.42 Å². The second-order valence-electron chi connectivity index (χ2n) is 4.37. The van der Waals surface area contributed by atoms with Gasteiger partial charge in [-0.05, 0) is 19.2 Å². The van der Waals surface area contributed by atoms with Crippen LogP contribution in [0.1, 0.15) is 22.7 Å². The number of aromatic nitrogens is 1. The first-order valence-electron chi connectivity index (χ1n) is 6.15. The van der Waals surface area contributed by atoms with Gasteiger partial charge >= 0.3 is 0 Å². The smallest absolute Gasteiger partial charge is 0.250 e. The van der Waals surface area contributed by atoms with Gasteiger partial charge in [0.25, 0.3) is 0 Å². The maximum absolute atomic E-state index is 12.2. The molecule has 0 fully saturated rings. The first-order valence-corrected chi connectivity index (χ1v) is 9.33. The Balaban J connectivity index is 1.99. The fraction of sp³-hybridized carbons (Fsp3) is 0.417. The molecule has 20 heavy (non-hydrogen) atoms. The summed E-state index contributed by atoms with van der Waals surface area (Å²) in [6.45, 7) is 2.99. The monoisotopic (exact) mass is 331 g/mol. The van der Waals surface area contributed by atoms with E-state index in [9.17, 15) is 8.42 Å². The van der Waals surface area contributed by atoms with E-state index in [0.717, 1.165) is 9.88 Å². The molecule has 8 heteroatoms. The molecule has 0 radical (unpaired) electrons. The minimum atomic E-state index is -3.43. The maximum atomic E-state index is 12.2. The molecule has 0 amide bonds. The topological polar surface area (TPSA) is 71.1 Å². The van der Waals surface area contributed by atoms with Crippen LogP contribution in [-0.4, -0.2) is 27.0 Å². The summed E-state index contributed by atoms with van der Waals surface area (Å²) in [6.07, 6.45) is 1.73. The standard InChI is InChI=1S/C12H17N3O2S3/c1-9(12-14-5-6-18-12)7-15-20(16,17)11-4-3-10(19-11)8-13-2/h3-6,9,13,15H,7-8H2,1-2H3. The van der Waals surface area contributed by atoms with E-state index >= 15 is 0 Å². The zero-order valence-electron chi connectivity index (χ0n) is 11.3. The molecule has 0 spiro atoms. The van der Waals surface area contributed by atoms with E-state index in [4.69, 9.17) is 0 Å². The minimum Gasteiger partial charge on any atom is -0.315 e. The summed E-state index contributed by atoms with van der Waals surface area (Å²) in [7, 11) is -1.59. The lowest BCUT2D eigenvalue weighted by molar-refractivity contribution is 0.576. The van der Waals surface area contributed by atoms with E-state index in [0.29, 0.717) is 17.3 Å². The molecule has 0 aromatic carbocycles. The van der Waals surface area contributed by atoms with Gasteiger partial charge in [-0.3, -0.25) is 0 Å². The van der Waals surface area contributed by atoms with Crippen molar-refractivity contribution >= 4 is 32.7 Å². The van der Waals surface area contributed by atoms with Crippen LogP contribution in [0.2, 0.25) is 0 Å². The highest BCUT2D eigenvalue weighted by atomic mass is 32.2. The van der Waals surface area contributed by atoms with Crippen LogP contribution in [0.25, 0.3) is 0 Å². The van der Waals surface area contributed by atoms with Gasteiger partial charge in [-0.15, -0.1) is 22.7 Å². The average molecular weight is 331 g/mol. The van der Waals surface area contributed by atoms with Crippen molar-refractivity contribution in [1.29, 1.82) is 0 Å². The van der Waals surface area contributed by atoms with Crippen molar-refractivity contribution in [2.75, 3.05) is 13.6 Å². The van der Waals surface area contributed by atoms with E-state index in [-0.39, 0.29) is 5.92 Å². The summed E-state index contributed by atoms with van der Waals surface area (Å²) in [5, 5.41) is 5.84. The molecular weight excluding hydrogens is 314 g/mol. The van der Waals surface area contributed by atoms with Crippen molar-refractivity contribution in [3.8, 4) is 0 Å². The SMILES string of the molecule is CNCc1ccc(S(=O)(=O)NCC(C)c2nccs2)s1. The summed E-state index contributed by atoms with van der Waals surface area (Å²) in [4.78, 5) is 5.20. The van der Waals surface area contributed by atoms with Crippen LogP contribution in [0.4, 0.5) is 0 Å². The Bertz CT molecular complexity index is 635. The zero-order valence-corrected chi connectivity index (χ0v) is 13.7. The molecule has 0 aliphatic carbocycles. The van der Waals surface area contributed by atoms with Crippen molar-refractivity contribution in [3.63, 3.8) is 0 Å². The molecule has 2 heterocycles. The maximum Gasteiger partial charge on any atom is 0.250 e. The number of thiazole rings is 1. The molecule has 0 bridgehead atoms. The highest BCUT2D eigenvalue weighted by molar-refractivity contribution is 7.91. The second kappa shape index (κ2) is 6.77. The Hall–Kier alpha value is -0.800. The summed E-state index contributed by atoms with van der Waals surface area (Å²) in [6, 6.07) is 3.48. The van der Waals surface area contributed by atoms with Crippen LogP contribution < -0.4 is 10.0 Å². The quantitative estimate of drug-likeness (QED) is 0.814. The molecule has 5 nitrogen and oxygen atoms in total. The third kappa shape index (κ3) is 3.86. The van der Waals surface area contributed by atoms with E-state index in [1.807, 2.05) is 25.4 Å². The fourth-order valence-electron chi connectivity index (χ4n) is 1.64. The third-order valence-corrected chi connectivity index (χ3v) is 6.71. The first kappa shape index (κ1) is 15.6. The molecule has 2 N–H and O–H groups in total. The average Bonchev–Trinajstić information content (AvgIpc) is 3.07. The van der Waals surface area contributed by atoms with Gasteiger partial charge in [0.1, 0.15) is 4.21 Å². The molecule has 110 valence electrons. The summed E-state index contributed by atoms with van der Waals surface area (Å²) in [5.41, 5.74) is 0. The Kier molecular flexibility index (Phi) is 5.28. The third-order valence-electron chi connectivity index (χ3n) is 2.71. The number of hydrogen-bond donors (Lipinski definition) is 2. The Morgan fingerprint density at radius 3 is 2.85 bits per heavy atom. The zero-order chi connectivity index (χ0) is 14.6. The van der Waals surface area contributed by atoms with Crippen LogP contribution in [0.15, 0.2) is 27.9 Å². The molecule has 2 rings (SSSR count). The van der Waals surface area contributed by atoms with Gasteiger partial charge in [0.15, 0.2) is 0 Å². The van der Waals surface area contributed by atoms with Crippen LogP contribution in [0, 0.1) is 0 Å². The number of nitrogens with one attached hydrogen (secondary N) is 2. The van der Waals surface area contributed by atoms with Crippen LogP contribution in [0.5, 0.6) is 0 Å². The molecule has 1 unspecified atom stereocenters. The van der Waals surface area contributed by atoms with Crippen molar-refractivity contribution in [2.24, 2.45) is 0 Å². The van der Waals surface area contributed by atoms with Gasteiger partial charge in [0, 0.05) is 35.5 Å². The minimum absolute atomic E-state index is 0.0708. The number of thiophene rings is 1. The Morgan fingerprint density at radius 2 is 2.20 bits per heavy atom. The molecule has 0 saturated carbocycles. The predicted molar refractivity (Wildman–Crippen MR) is 82.8 cm³/mol. The number of nitrogens with zero attached hydrogens (tertiary/aromatic N) is 1. The van der Waals surface area contributed by atoms with Gasteiger partial charge in [0.2, 0.25) is 10.0 Å². The van der Waals surface area contributed by atoms with E-state index in [1.165, 1.54) is 22.7 Å². The summed E-state index contributed by atoms with van der Waals surface area (Å²) in [5.74, 6) is 0.0708. The highest BCUT2D eigenvalue weighted by Gasteiger charge is 2.18. The molecule has 2 aromatic heterocycles. The molecule has 1 atom stereocenters. The predicted octanol–water partition coefficient (Wildman–Crippen LogP) is 2.01. The normalized spacial score (nSPS) is 13.5. The molecular formula is C12H17N3O2S3. The fourth-order valence-corrected chi connectivity index (χ4v) is 4.88. The van der Waals surface area contributed by atoms with Gasteiger partial charge in [-0.25, -0.2) is 18.1 Å². The number of hydrogen-bond acceptors (Lipinski definition) is 6.